The number of nitrogen functional groups attached to an aromatic ring is 1. The van der Waals surface area contributed by atoms with Gasteiger partial charge in [-0.05, 0) is 38.1 Å². The number of fused-ring (bicyclic) bond motifs is 2. The van der Waals surface area contributed by atoms with E-state index < -0.39 is 0 Å². The number of nitrogens with zero attached hydrogens (tertiary/aromatic N) is 3. The van der Waals surface area contributed by atoms with Gasteiger partial charge in [0.1, 0.15) is 5.75 Å². The van der Waals surface area contributed by atoms with Crippen molar-refractivity contribution >= 4 is 27.8 Å². The third-order valence-corrected chi connectivity index (χ3v) is 3.20. The van der Waals surface area contributed by atoms with Crippen LogP contribution in [-0.4, -0.2) is 32.6 Å². The molecular weight excluding hydrogens is 268 g/mol. The zero-order valence-electron chi connectivity index (χ0n) is 12.1. The van der Waals surface area contributed by atoms with Crippen molar-refractivity contribution in [2.75, 3.05) is 12.3 Å². The second-order valence-corrected chi connectivity index (χ2v) is 5.21. The lowest BCUT2D eigenvalue weighted by Crippen LogP contribution is -2.05. The molecule has 0 saturated carbocycles. The molecule has 6 nitrogen and oxygen atoms in total. The van der Waals surface area contributed by atoms with E-state index in [1.54, 1.807) is 4.68 Å². The molecule has 3 rings (SSSR count). The second-order valence-electron chi connectivity index (χ2n) is 5.21. The Bertz CT molecular complexity index is 795. The molecule has 2 aromatic heterocycles. The van der Waals surface area contributed by atoms with Gasteiger partial charge >= 0.3 is 0 Å². The van der Waals surface area contributed by atoms with Gasteiger partial charge in [-0.15, -0.1) is 0 Å². The Kier molecular flexibility index (Phi) is 3.39. The molecule has 3 aromatic rings. The van der Waals surface area contributed by atoms with E-state index in [0.717, 1.165) is 22.0 Å². The van der Waals surface area contributed by atoms with Gasteiger partial charge in [-0.3, -0.25) is 0 Å². The van der Waals surface area contributed by atoms with Gasteiger partial charge in [0.2, 0.25) is 0 Å². The predicted octanol–water partition coefficient (Wildman–Crippen LogP) is 1.95. The molecule has 0 unspecified atom stereocenters. The summed E-state index contributed by atoms with van der Waals surface area (Å²) in [6.07, 6.45) is 0.122. The van der Waals surface area contributed by atoms with E-state index in [9.17, 15) is 0 Å². The lowest BCUT2D eigenvalue weighted by atomic mass is 10.2. The number of nitrogens with two attached hydrogens (primary N) is 1. The van der Waals surface area contributed by atoms with Crippen LogP contribution in [0.4, 0.5) is 5.82 Å². The average molecular weight is 286 g/mol. The van der Waals surface area contributed by atoms with Crippen LogP contribution in [0.15, 0.2) is 24.3 Å². The van der Waals surface area contributed by atoms with Gasteiger partial charge in [-0.25, -0.2) is 9.67 Å². The van der Waals surface area contributed by atoms with Crippen LogP contribution in [0.5, 0.6) is 5.75 Å². The molecule has 3 N–H and O–H groups in total. The summed E-state index contributed by atoms with van der Waals surface area (Å²) in [5.41, 5.74) is 7.46. The number of anilines is 1. The van der Waals surface area contributed by atoms with Crippen molar-refractivity contribution in [1.82, 2.24) is 14.8 Å². The molecule has 0 fully saturated rings. The minimum absolute atomic E-state index is 0.00287. The fourth-order valence-electron chi connectivity index (χ4n) is 2.36. The van der Waals surface area contributed by atoms with Crippen LogP contribution in [-0.2, 0) is 6.54 Å². The van der Waals surface area contributed by atoms with Gasteiger partial charge in [0.05, 0.1) is 30.2 Å². The van der Waals surface area contributed by atoms with Gasteiger partial charge < -0.3 is 15.6 Å². The lowest BCUT2D eigenvalue weighted by molar-refractivity contribution is 0.243. The fraction of sp³-hybridized carbons (Fsp3) is 0.333. The molecule has 21 heavy (non-hydrogen) atoms. The summed E-state index contributed by atoms with van der Waals surface area (Å²) in [6, 6.07) is 7.72. The van der Waals surface area contributed by atoms with Crippen molar-refractivity contribution in [3.63, 3.8) is 0 Å². The zero-order valence-corrected chi connectivity index (χ0v) is 12.1. The molecule has 0 radical (unpaired) electrons. The summed E-state index contributed by atoms with van der Waals surface area (Å²) in [5.74, 6) is 1.23. The Morgan fingerprint density at radius 2 is 2.14 bits per heavy atom. The van der Waals surface area contributed by atoms with Crippen LogP contribution in [0.3, 0.4) is 0 Å². The van der Waals surface area contributed by atoms with Crippen LogP contribution in [0.2, 0.25) is 0 Å². The molecule has 2 heterocycles. The maximum atomic E-state index is 9.08. The molecule has 0 aliphatic rings. The minimum Gasteiger partial charge on any atom is -0.491 e. The SMILES string of the molecule is CC(C)Oc1ccc2nc3c(cc2c1)c(N)nn3CCO. The van der Waals surface area contributed by atoms with Gasteiger partial charge in [0, 0.05) is 5.39 Å². The quantitative estimate of drug-likeness (QED) is 0.765. The first-order valence-electron chi connectivity index (χ1n) is 6.93. The molecule has 0 amide bonds. The van der Waals surface area contributed by atoms with Crippen LogP contribution in [0, 0.1) is 0 Å². The number of pyridine rings is 1. The average Bonchev–Trinajstić information content (AvgIpc) is 2.73. The molecule has 6 heteroatoms. The topological polar surface area (TPSA) is 86.2 Å². The Labute approximate surface area is 122 Å². The van der Waals surface area contributed by atoms with Crippen LogP contribution < -0.4 is 10.5 Å². The van der Waals surface area contributed by atoms with Crippen molar-refractivity contribution in [3.8, 4) is 5.75 Å². The maximum Gasteiger partial charge on any atom is 0.160 e. The number of aromatic nitrogens is 3. The third kappa shape index (κ3) is 2.50. The van der Waals surface area contributed by atoms with Crippen molar-refractivity contribution in [2.24, 2.45) is 0 Å². The largest absolute Gasteiger partial charge is 0.491 e. The molecule has 0 bridgehead atoms. The smallest absolute Gasteiger partial charge is 0.160 e. The maximum absolute atomic E-state index is 9.08. The van der Waals surface area contributed by atoms with Crippen molar-refractivity contribution in [3.05, 3.63) is 24.3 Å². The van der Waals surface area contributed by atoms with E-state index in [1.165, 1.54) is 0 Å². The number of hydrogen-bond acceptors (Lipinski definition) is 5. The molecule has 110 valence electrons. The fourth-order valence-corrected chi connectivity index (χ4v) is 2.36. The number of aliphatic hydroxyl groups excluding tert-OH is 1. The molecule has 0 atom stereocenters. The highest BCUT2D eigenvalue weighted by atomic mass is 16.5. The van der Waals surface area contributed by atoms with Crippen molar-refractivity contribution in [2.45, 2.75) is 26.5 Å². The highest BCUT2D eigenvalue weighted by Crippen LogP contribution is 2.27. The minimum atomic E-state index is -0.00287. The normalized spacial score (nSPS) is 11.6. The molecular formula is C15H18N4O2. The third-order valence-electron chi connectivity index (χ3n) is 3.20. The van der Waals surface area contributed by atoms with E-state index in [4.69, 9.17) is 15.6 Å². The zero-order chi connectivity index (χ0) is 15.0. The number of ether oxygens (including phenoxy) is 1. The molecule has 0 aliphatic carbocycles. The number of benzene rings is 1. The van der Waals surface area contributed by atoms with Crippen LogP contribution in [0.1, 0.15) is 13.8 Å². The highest BCUT2D eigenvalue weighted by molar-refractivity contribution is 5.96. The molecule has 0 aliphatic heterocycles. The summed E-state index contributed by atoms with van der Waals surface area (Å²) in [5, 5.41) is 15.0. The first-order valence-corrected chi connectivity index (χ1v) is 6.93. The predicted molar refractivity (Wildman–Crippen MR) is 82.3 cm³/mol. The van der Waals surface area contributed by atoms with Crippen LogP contribution >= 0.6 is 0 Å². The second kappa shape index (κ2) is 5.21. The van der Waals surface area contributed by atoms with E-state index in [2.05, 4.69) is 10.1 Å². The van der Waals surface area contributed by atoms with E-state index >= 15 is 0 Å². The number of hydrogen-bond donors (Lipinski definition) is 2. The van der Waals surface area contributed by atoms with Gasteiger partial charge in [0.25, 0.3) is 0 Å². The first kappa shape index (κ1) is 13.6. The van der Waals surface area contributed by atoms with Gasteiger partial charge in [-0.2, -0.15) is 5.10 Å². The summed E-state index contributed by atoms with van der Waals surface area (Å²) in [4.78, 5) is 4.59. The summed E-state index contributed by atoms with van der Waals surface area (Å²) in [6.45, 7) is 4.35. The first-order chi connectivity index (χ1) is 10.1. The Morgan fingerprint density at radius 3 is 2.86 bits per heavy atom. The molecule has 0 spiro atoms. The molecule has 1 aromatic carbocycles. The number of rotatable bonds is 4. The van der Waals surface area contributed by atoms with Gasteiger partial charge in [-0.1, -0.05) is 0 Å². The highest BCUT2D eigenvalue weighted by Gasteiger charge is 2.11. The number of aliphatic hydroxyl groups is 1. The van der Waals surface area contributed by atoms with Crippen molar-refractivity contribution < 1.29 is 9.84 Å². The monoisotopic (exact) mass is 286 g/mol. The van der Waals surface area contributed by atoms with E-state index in [1.807, 2.05) is 38.1 Å². The standard InChI is InChI=1S/C15H18N4O2/c1-9(2)21-11-3-4-13-10(7-11)8-12-14(16)18-19(5-6-20)15(12)17-13/h3-4,7-9,20H,5-6H2,1-2H3,(H2,16,18). The Morgan fingerprint density at radius 1 is 1.33 bits per heavy atom. The Balaban J connectivity index is 2.16. The summed E-state index contributed by atoms with van der Waals surface area (Å²) < 4.78 is 7.32. The summed E-state index contributed by atoms with van der Waals surface area (Å²) in [7, 11) is 0. The lowest BCUT2D eigenvalue weighted by Gasteiger charge is -2.10. The van der Waals surface area contributed by atoms with Gasteiger partial charge in [0.15, 0.2) is 11.5 Å². The van der Waals surface area contributed by atoms with E-state index in [-0.39, 0.29) is 12.7 Å². The van der Waals surface area contributed by atoms with E-state index in [0.29, 0.717) is 18.0 Å². The molecule has 0 saturated heterocycles. The van der Waals surface area contributed by atoms with Crippen molar-refractivity contribution in [1.29, 1.82) is 0 Å². The Hall–Kier alpha value is -2.34. The summed E-state index contributed by atoms with van der Waals surface area (Å²) >= 11 is 0. The van der Waals surface area contributed by atoms with Crippen LogP contribution in [0.25, 0.3) is 21.9 Å².